The van der Waals surface area contributed by atoms with Gasteiger partial charge in [-0.3, -0.25) is 18.7 Å². The van der Waals surface area contributed by atoms with Crippen LogP contribution in [-0.2, 0) is 32.8 Å². The van der Waals surface area contributed by atoms with Crippen molar-refractivity contribution in [3.8, 4) is 0 Å². The van der Waals surface area contributed by atoms with Gasteiger partial charge in [0.2, 0.25) is 0 Å². The van der Waals surface area contributed by atoms with Gasteiger partial charge in [-0.2, -0.15) is 0 Å². The number of fused-ring (bicyclic) bond motifs is 1. The Morgan fingerprint density at radius 1 is 1.00 bits per heavy atom. The van der Waals surface area contributed by atoms with Crippen LogP contribution in [0.25, 0.3) is 11.0 Å². The van der Waals surface area contributed by atoms with Gasteiger partial charge in [0.15, 0.2) is 6.61 Å². The fourth-order valence-corrected chi connectivity index (χ4v) is 4.50. The van der Waals surface area contributed by atoms with Crippen LogP contribution in [0.4, 0.5) is 0 Å². The number of ether oxygens (including phenoxy) is 1. The summed E-state index contributed by atoms with van der Waals surface area (Å²) >= 11 is 0. The van der Waals surface area contributed by atoms with Gasteiger partial charge in [-0.1, -0.05) is 48.9 Å². The van der Waals surface area contributed by atoms with E-state index in [1.807, 2.05) is 49.4 Å². The Bertz CT molecular complexity index is 1160. The molecular weight excluding hydrogens is 406 g/mol. The van der Waals surface area contributed by atoms with Gasteiger partial charge in [0.25, 0.3) is 5.91 Å². The predicted octanol–water partition coefficient (Wildman–Crippen LogP) is 2.99. The number of benzene rings is 2. The van der Waals surface area contributed by atoms with Crippen molar-refractivity contribution in [2.24, 2.45) is 0 Å². The van der Waals surface area contributed by atoms with Gasteiger partial charge < -0.3 is 10.1 Å². The molecule has 7 nitrogen and oxygen atoms in total. The van der Waals surface area contributed by atoms with Crippen molar-refractivity contribution in [3.63, 3.8) is 0 Å². The van der Waals surface area contributed by atoms with Crippen molar-refractivity contribution in [2.45, 2.75) is 51.1 Å². The number of rotatable bonds is 9. The summed E-state index contributed by atoms with van der Waals surface area (Å²) < 4.78 is 8.42. The van der Waals surface area contributed by atoms with E-state index in [9.17, 15) is 14.4 Å². The monoisotopic (exact) mass is 435 g/mol. The molecule has 1 amide bonds. The highest BCUT2D eigenvalue weighted by Crippen LogP contribution is 2.43. The van der Waals surface area contributed by atoms with Crippen molar-refractivity contribution < 1.29 is 14.3 Å². The molecule has 1 fully saturated rings. The summed E-state index contributed by atoms with van der Waals surface area (Å²) in [6.45, 7) is 2.91. The number of carbonyl (C=O) groups is 2. The molecule has 3 aromatic rings. The molecule has 1 aliphatic carbocycles. The molecule has 4 rings (SSSR count). The van der Waals surface area contributed by atoms with Gasteiger partial charge >= 0.3 is 11.7 Å². The van der Waals surface area contributed by atoms with Crippen LogP contribution in [-0.4, -0.2) is 34.2 Å². The summed E-state index contributed by atoms with van der Waals surface area (Å²) in [5.74, 6) is -0.804. The van der Waals surface area contributed by atoms with E-state index in [0.29, 0.717) is 13.1 Å². The zero-order chi connectivity index (χ0) is 22.6. The second kappa shape index (κ2) is 9.42. The number of para-hydroxylation sites is 2. The molecule has 0 aliphatic heterocycles. The number of imidazole rings is 1. The number of amides is 1. The molecule has 1 aromatic heterocycles. The lowest BCUT2D eigenvalue weighted by Crippen LogP contribution is -2.46. The summed E-state index contributed by atoms with van der Waals surface area (Å²) in [6.07, 6.45) is 3.25. The van der Waals surface area contributed by atoms with Gasteiger partial charge in [0.05, 0.1) is 17.5 Å². The number of hydrogen-bond acceptors (Lipinski definition) is 4. The van der Waals surface area contributed by atoms with Gasteiger partial charge in [-0.25, -0.2) is 4.79 Å². The maximum Gasteiger partial charge on any atom is 0.329 e. The van der Waals surface area contributed by atoms with E-state index in [1.165, 1.54) is 5.56 Å². The molecule has 0 unspecified atom stereocenters. The zero-order valence-electron chi connectivity index (χ0n) is 18.4. The van der Waals surface area contributed by atoms with Crippen LogP contribution in [0.5, 0.6) is 0 Å². The highest BCUT2D eigenvalue weighted by molar-refractivity contribution is 5.81. The lowest BCUT2D eigenvalue weighted by Gasteiger charge is -2.42. The van der Waals surface area contributed by atoms with Crippen LogP contribution in [0.2, 0.25) is 0 Å². The van der Waals surface area contributed by atoms with Gasteiger partial charge in [-0.15, -0.1) is 0 Å². The second-order valence-corrected chi connectivity index (χ2v) is 8.35. The topological polar surface area (TPSA) is 82.3 Å². The summed E-state index contributed by atoms with van der Waals surface area (Å²) in [6, 6.07) is 17.7. The van der Waals surface area contributed by atoms with Gasteiger partial charge in [0, 0.05) is 25.0 Å². The number of esters is 1. The first-order valence-electron chi connectivity index (χ1n) is 11.2. The Labute approximate surface area is 187 Å². The molecule has 1 heterocycles. The average molecular weight is 436 g/mol. The van der Waals surface area contributed by atoms with E-state index in [-0.39, 0.29) is 36.6 Å². The molecule has 0 bridgehead atoms. The number of hydrogen-bond donors (Lipinski definition) is 1. The lowest BCUT2D eigenvalue weighted by molar-refractivity contribution is -0.148. The summed E-state index contributed by atoms with van der Waals surface area (Å²) in [7, 11) is 0. The van der Waals surface area contributed by atoms with Crippen LogP contribution in [0.1, 0.15) is 38.2 Å². The third-order valence-electron chi connectivity index (χ3n) is 6.47. The molecule has 7 heteroatoms. The molecule has 2 aromatic carbocycles. The third kappa shape index (κ3) is 4.33. The molecule has 0 radical (unpaired) electrons. The Balaban J connectivity index is 1.28. The molecule has 0 spiro atoms. The number of aromatic nitrogens is 2. The molecule has 0 atom stereocenters. The highest BCUT2D eigenvalue weighted by Gasteiger charge is 2.38. The number of aryl methyl sites for hydroxylation is 2. The van der Waals surface area contributed by atoms with Crippen LogP contribution in [0.15, 0.2) is 59.4 Å². The largest absolute Gasteiger partial charge is 0.456 e. The number of nitrogens with one attached hydrogen (secondary N) is 1. The maximum absolute atomic E-state index is 12.6. The third-order valence-corrected chi connectivity index (χ3v) is 6.47. The van der Waals surface area contributed by atoms with Crippen molar-refractivity contribution in [3.05, 3.63) is 70.6 Å². The number of carbonyl (C=O) groups excluding carboxylic acids is 2. The standard InChI is InChI=1S/C25H29N3O4/c1-2-27-20-11-6-7-12-21(20)28(24(27)31)16-13-23(30)32-17-22(29)26-18-25(14-8-15-25)19-9-4-3-5-10-19/h3-7,9-12H,2,8,13-18H2,1H3,(H,26,29). The Hall–Kier alpha value is -3.35. The minimum atomic E-state index is -0.498. The summed E-state index contributed by atoms with van der Waals surface area (Å²) in [5.41, 5.74) is 2.70. The zero-order valence-corrected chi connectivity index (χ0v) is 18.4. The fourth-order valence-electron chi connectivity index (χ4n) is 4.50. The maximum atomic E-state index is 12.6. The van der Waals surface area contributed by atoms with E-state index < -0.39 is 5.97 Å². The smallest absolute Gasteiger partial charge is 0.329 e. The fraction of sp³-hybridized carbons (Fsp3) is 0.400. The van der Waals surface area contributed by atoms with Crippen molar-refractivity contribution in [2.75, 3.05) is 13.2 Å². The van der Waals surface area contributed by atoms with E-state index in [1.54, 1.807) is 9.13 Å². The Morgan fingerprint density at radius 2 is 1.66 bits per heavy atom. The van der Waals surface area contributed by atoms with Crippen molar-refractivity contribution >= 4 is 22.9 Å². The van der Waals surface area contributed by atoms with Gasteiger partial charge in [-0.05, 0) is 37.5 Å². The van der Waals surface area contributed by atoms with Crippen LogP contribution < -0.4 is 11.0 Å². The van der Waals surface area contributed by atoms with Crippen LogP contribution >= 0.6 is 0 Å². The SMILES string of the molecule is CCn1c(=O)n(CCC(=O)OCC(=O)NCC2(c3ccccc3)CCC2)c2ccccc21. The molecule has 1 aliphatic rings. The molecule has 0 saturated heterocycles. The first kappa shape index (κ1) is 21.9. The van der Waals surface area contributed by atoms with Crippen LogP contribution in [0.3, 0.4) is 0 Å². The number of nitrogens with zero attached hydrogens (tertiary/aromatic N) is 2. The molecule has 1 saturated carbocycles. The molecule has 32 heavy (non-hydrogen) atoms. The molecular formula is C25H29N3O4. The molecule has 1 N–H and O–H groups in total. The quantitative estimate of drug-likeness (QED) is 0.524. The van der Waals surface area contributed by atoms with Gasteiger partial charge in [0.1, 0.15) is 0 Å². The first-order chi connectivity index (χ1) is 15.5. The highest BCUT2D eigenvalue weighted by atomic mass is 16.5. The Morgan fingerprint density at radius 3 is 2.28 bits per heavy atom. The van der Waals surface area contributed by atoms with E-state index in [0.717, 1.165) is 30.3 Å². The van der Waals surface area contributed by atoms with Crippen LogP contribution in [0, 0.1) is 0 Å². The second-order valence-electron chi connectivity index (χ2n) is 8.35. The van der Waals surface area contributed by atoms with Crippen molar-refractivity contribution in [1.82, 2.24) is 14.5 Å². The lowest BCUT2D eigenvalue weighted by atomic mass is 9.64. The normalized spacial score (nSPS) is 14.7. The predicted molar refractivity (Wildman–Crippen MR) is 122 cm³/mol. The minimum Gasteiger partial charge on any atom is -0.456 e. The van der Waals surface area contributed by atoms with E-state index in [4.69, 9.17) is 4.74 Å². The Kier molecular flexibility index (Phi) is 6.44. The average Bonchev–Trinajstić information content (AvgIpc) is 3.06. The first-order valence-corrected chi connectivity index (χ1v) is 11.2. The molecule has 168 valence electrons. The van der Waals surface area contributed by atoms with E-state index in [2.05, 4.69) is 17.4 Å². The van der Waals surface area contributed by atoms with E-state index >= 15 is 0 Å². The van der Waals surface area contributed by atoms with Crippen molar-refractivity contribution in [1.29, 1.82) is 0 Å². The summed E-state index contributed by atoms with van der Waals surface area (Å²) in [4.78, 5) is 37.1. The minimum absolute atomic E-state index is 0.0183. The summed E-state index contributed by atoms with van der Waals surface area (Å²) in [5, 5.41) is 2.92.